The number of aryl methyl sites for hydroxylation is 1. The molecule has 0 fully saturated rings. The number of rotatable bonds is 9. The van der Waals surface area contributed by atoms with Crippen LogP contribution in [0.4, 0.5) is 5.69 Å². The van der Waals surface area contributed by atoms with Crippen LogP contribution in [0.2, 0.25) is 5.02 Å². The van der Waals surface area contributed by atoms with E-state index in [4.69, 9.17) is 16.3 Å². The second-order valence-corrected chi connectivity index (χ2v) is 7.43. The van der Waals surface area contributed by atoms with Gasteiger partial charge in [0.25, 0.3) is 5.91 Å². The Morgan fingerprint density at radius 3 is 2.07 bits per heavy atom. The summed E-state index contributed by atoms with van der Waals surface area (Å²) in [7, 11) is 0. The van der Waals surface area contributed by atoms with Gasteiger partial charge in [0.1, 0.15) is 5.75 Å². The number of anilines is 1. The lowest BCUT2D eigenvalue weighted by molar-refractivity contribution is -0.118. The molecule has 0 bridgehead atoms. The van der Waals surface area contributed by atoms with Crippen molar-refractivity contribution in [3.8, 4) is 5.75 Å². The van der Waals surface area contributed by atoms with Crippen molar-refractivity contribution in [2.24, 2.45) is 0 Å². The second-order valence-electron chi connectivity index (χ2n) is 7.00. The molecular weight excluding hydrogens is 398 g/mol. The van der Waals surface area contributed by atoms with Crippen LogP contribution in [-0.4, -0.2) is 18.3 Å². The zero-order valence-corrected chi connectivity index (χ0v) is 17.6. The molecular formula is C25H24ClNO3. The molecule has 154 valence electrons. The van der Waals surface area contributed by atoms with Gasteiger partial charge >= 0.3 is 0 Å². The first-order chi connectivity index (χ1) is 14.5. The number of amides is 1. The van der Waals surface area contributed by atoms with Crippen molar-refractivity contribution >= 4 is 29.0 Å². The maximum absolute atomic E-state index is 12.5. The van der Waals surface area contributed by atoms with Gasteiger partial charge in [-0.15, -0.1) is 0 Å². The van der Waals surface area contributed by atoms with Gasteiger partial charge in [-0.3, -0.25) is 9.59 Å². The lowest BCUT2D eigenvalue weighted by atomic mass is 10.0. The first-order valence-corrected chi connectivity index (χ1v) is 10.3. The van der Waals surface area contributed by atoms with Crippen LogP contribution < -0.4 is 10.1 Å². The predicted molar refractivity (Wildman–Crippen MR) is 121 cm³/mol. The Morgan fingerprint density at radius 2 is 1.47 bits per heavy atom. The third-order valence-corrected chi connectivity index (χ3v) is 4.90. The average Bonchev–Trinajstić information content (AvgIpc) is 2.77. The molecule has 3 aromatic carbocycles. The first-order valence-electron chi connectivity index (χ1n) is 9.97. The van der Waals surface area contributed by atoms with Crippen LogP contribution in [0.3, 0.4) is 0 Å². The maximum atomic E-state index is 12.5. The second kappa shape index (κ2) is 10.6. The number of unbranched alkanes of at least 4 members (excludes halogenated alkanes) is 1. The molecule has 0 saturated carbocycles. The number of carbonyl (C=O) groups is 2. The van der Waals surface area contributed by atoms with Crippen LogP contribution in [0.15, 0.2) is 72.8 Å². The third-order valence-electron chi connectivity index (χ3n) is 4.65. The molecule has 0 aliphatic carbocycles. The van der Waals surface area contributed by atoms with E-state index in [1.165, 1.54) is 5.56 Å². The first kappa shape index (κ1) is 21.6. The zero-order chi connectivity index (χ0) is 21.3. The molecule has 0 spiro atoms. The fourth-order valence-electron chi connectivity index (χ4n) is 2.95. The Bertz CT molecular complexity index is 980. The molecule has 4 nitrogen and oxygen atoms in total. The molecule has 1 N–H and O–H groups in total. The molecule has 0 atom stereocenters. The minimum atomic E-state index is -0.238. The van der Waals surface area contributed by atoms with E-state index < -0.39 is 0 Å². The third kappa shape index (κ3) is 6.19. The molecule has 1 amide bonds. The van der Waals surface area contributed by atoms with Gasteiger partial charge in [-0.2, -0.15) is 0 Å². The summed E-state index contributed by atoms with van der Waals surface area (Å²) < 4.78 is 5.53. The van der Waals surface area contributed by atoms with Crippen molar-refractivity contribution in [2.75, 3.05) is 11.9 Å². The number of ketones is 1. The summed E-state index contributed by atoms with van der Waals surface area (Å²) in [5, 5.41) is 3.41. The van der Waals surface area contributed by atoms with Gasteiger partial charge in [0.15, 0.2) is 12.4 Å². The van der Waals surface area contributed by atoms with Gasteiger partial charge in [-0.05, 0) is 79.1 Å². The number of carbonyl (C=O) groups excluding carboxylic acids is 2. The molecule has 0 heterocycles. The molecule has 30 heavy (non-hydrogen) atoms. The quantitative estimate of drug-likeness (QED) is 0.435. The normalized spacial score (nSPS) is 10.5. The number of hydrogen-bond donors (Lipinski definition) is 1. The molecule has 0 aliphatic heterocycles. The highest BCUT2D eigenvalue weighted by atomic mass is 35.5. The topological polar surface area (TPSA) is 55.4 Å². The van der Waals surface area contributed by atoms with Crippen molar-refractivity contribution < 1.29 is 14.3 Å². The lowest BCUT2D eigenvalue weighted by Gasteiger charge is -2.09. The van der Waals surface area contributed by atoms with Crippen LogP contribution in [0.1, 0.15) is 41.3 Å². The number of nitrogens with one attached hydrogen (secondary N) is 1. The summed E-state index contributed by atoms with van der Waals surface area (Å²) in [5.74, 6) is 0.184. The number of hydrogen-bond acceptors (Lipinski definition) is 3. The molecule has 3 rings (SSSR count). The minimum Gasteiger partial charge on any atom is -0.484 e. The summed E-state index contributed by atoms with van der Waals surface area (Å²) in [6.45, 7) is 2.06. The van der Waals surface area contributed by atoms with Gasteiger partial charge in [-0.1, -0.05) is 37.1 Å². The highest BCUT2D eigenvalue weighted by Crippen LogP contribution is 2.17. The van der Waals surface area contributed by atoms with Crippen molar-refractivity contribution in [1.82, 2.24) is 0 Å². The number of benzene rings is 3. The molecule has 5 heteroatoms. The Morgan fingerprint density at radius 1 is 0.867 bits per heavy atom. The average molecular weight is 422 g/mol. The highest BCUT2D eigenvalue weighted by Gasteiger charge is 2.10. The van der Waals surface area contributed by atoms with E-state index in [9.17, 15) is 9.59 Å². The molecule has 0 aromatic heterocycles. The van der Waals surface area contributed by atoms with E-state index in [1.807, 2.05) is 24.3 Å². The monoisotopic (exact) mass is 421 g/mol. The minimum absolute atomic E-state index is 0.0988. The van der Waals surface area contributed by atoms with Gasteiger partial charge in [0, 0.05) is 21.8 Å². The van der Waals surface area contributed by atoms with E-state index >= 15 is 0 Å². The van der Waals surface area contributed by atoms with E-state index in [1.54, 1.807) is 48.5 Å². The van der Waals surface area contributed by atoms with Gasteiger partial charge in [0.2, 0.25) is 0 Å². The highest BCUT2D eigenvalue weighted by molar-refractivity contribution is 6.30. The van der Waals surface area contributed by atoms with Gasteiger partial charge in [-0.25, -0.2) is 0 Å². The summed E-state index contributed by atoms with van der Waals surface area (Å²) in [6.07, 6.45) is 3.36. The van der Waals surface area contributed by atoms with Crippen molar-refractivity contribution in [1.29, 1.82) is 0 Å². The van der Waals surface area contributed by atoms with Crippen molar-refractivity contribution in [2.45, 2.75) is 26.2 Å². The Hall–Kier alpha value is -3.11. The van der Waals surface area contributed by atoms with E-state index in [0.717, 1.165) is 24.9 Å². The largest absolute Gasteiger partial charge is 0.484 e. The lowest BCUT2D eigenvalue weighted by Crippen LogP contribution is -2.20. The maximum Gasteiger partial charge on any atom is 0.262 e. The standard InChI is InChI=1S/C25H24ClNO3/c1-2-3-4-18-5-13-22(14-6-18)27-24(28)17-30-23-15-9-20(10-16-23)25(29)19-7-11-21(26)12-8-19/h5-16H,2-4,17H2,1H3,(H,27,28). The summed E-state index contributed by atoms with van der Waals surface area (Å²) >= 11 is 5.86. The SMILES string of the molecule is CCCCc1ccc(NC(=O)COc2ccc(C(=O)c3ccc(Cl)cc3)cc2)cc1. The van der Waals surface area contributed by atoms with Crippen molar-refractivity contribution in [3.63, 3.8) is 0 Å². The number of ether oxygens (including phenoxy) is 1. The Labute approximate surface area is 181 Å². The van der Waals surface area contributed by atoms with Gasteiger partial charge in [0.05, 0.1) is 0 Å². The Balaban J connectivity index is 1.50. The molecule has 0 unspecified atom stereocenters. The summed E-state index contributed by atoms with van der Waals surface area (Å²) in [6, 6.07) is 21.3. The fraction of sp³-hybridized carbons (Fsp3) is 0.200. The van der Waals surface area contributed by atoms with Crippen LogP contribution in [0.25, 0.3) is 0 Å². The summed E-state index contributed by atoms with van der Waals surface area (Å²) in [5.41, 5.74) is 3.11. The van der Waals surface area contributed by atoms with Crippen LogP contribution >= 0.6 is 11.6 Å². The van der Waals surface area contributed by atoms with E-state index in [0.29, 0.717) is 21.9 Å². The molecule has 0 aliphatic rings. The fourth-order valence-corrected chi connectivity index (χ4v) is 3.08. The van der Waals surface area contributed by atoms with Gasteiger partial charge < -0.3 is 10.1 Å². The van der Waals surface area contributed by atoms with Crippen LogP contribution in [-0.2, 0) is 11.2 Å². The van der Waals surface area contributed by atoms with Crippen LogP contribution in [0, 0.1) is 0 Å². The smallest absolute Gasteiger partial charge is 0.262 e. The molecule has 0 radical (unpaired) electrons. The van der Waals surface area contributed by atoms with Crippen molar-refractivity contribution in [3.05, 3.63) is 94.5 Å². The summed E-state index contributed by atoms with van der Waals surface area (Å²) in [4.78, 5) is 24.6. The predicted octanol–water partition coefficient (Wildman–Crippen LogP) is 5.93. The zero-order valence-electron chi connectivity index (χ0n) is 16.9. The van der Waals surface area contributed by atoms with E-state index in [2.05, 4.69) is 12.2 Å². The molecule has 0 saturated heterocycles. The Kier molecular flexibility index (Phi) is 7.63. The number of halogens is 1. The molecule has 3 aromatic rings. The van der Waals surface area contributed by atoms with E-state index in [-0.39, 0.29) is 18.3 Å². The van der Waals surface area contributed by atoms with Crippen LogP contribution in [0.5, 0.6) is 5.75 Å².